The fourth-order valence-electron chi connectivity index (χ4n) is 15.0. The topological polar surface area (TPSA) is 180 Å². The molecule has 5 aromatic carbocycles. The van der Waals surface area contributed by atoms with Gasteiger partial charge >= 0.3 is 194 Å². The summed E-state index contributed by atoms with van der Waals surface area (Å²) in [4.78, 5) is 56.4. The quantitative estimate of drug-likeness (QED) is 0.0356. The Hall–Kier alpha value is -4.69. The fraction of sp³-hybridized carbons (Fsp3) is 0.575. The first-order chi connectivity index (χ1) is 46.5. The number of esters is 2. The molecule has 20 heteroatoms. The van der Waals surface area contributed by atoms with Gasteiger partial charge in [-0.25, -0.2) is 9.59 Å². The predicted molar refractivity (Wildman–Crippen MR) is 375 cm³/mol. The molecule has 10 fully saturated rings. The number of carbonyl (C=O) groups excluding carboxylic acids is 6. The molecular formula is C80H105CuF4IO12S2. The van der Waals surface area contributed by atoms with Gasteiger partial charge in [0, 0.05) is 47.1 Å². The molecule has 2 heterocycles. The summed E-state index contributed by atoms with van der Waals surface area (Å²) < 4.78 is 74.4. The summed E-state index contributed by atoms with van der Waals surface area (Å²) in [6, 6.07) is 52.6. The van der Waals surface area contributed by atoms with Crippen molar-refractivity contribution in [3.05, 3.63) is 169 Å². The molecule has 8 aliphatic carbocycles. The third kappa shape index (κ3) is 30.6. The fourth-order valence-corrected chi connectivity index (χ4v) is 19.7. The molecule has 8 bridgehead atoms. The third-order valence-corrected chi connectivity index (χ3v) is 24.5. The van der Waals surface area contributed by atoms with E-state index in [0.29, 0.717) is 61.3 Å². The van der Waals surface area contributed by atoms with Gasteiger partial charge in [0.25, 0.3) is 0 Å². The second-order valence-corrected chi connectivity index (χ2v) is 37.3. The van der Waals surface area contributed by atoms with Crippen molar-refractivity contribution in [1.29, 1.82) is 0 Å². The molecule has 8 saturated carbocycles. The van der Waals surface area contributed by atoms with Crippen LogP contribution in [0.5, 0.6) is 0 Å². The van der Waals surface area contributed by atoms with Gasteiger partial charge in [0.1, 0.15) is 11.5 Å². The predicted octanol–water partition coefficient (Wildman–Crippen LogP) is 13.0. The smallest absolute Gasteiger partial charge is 0.461 e. The van der Waals surface area contributed by atoms with E-state index in [4.69, 9.17) is 38.1 Å². The van der Waals surface area contributed by atoms with Crippen LogP contribution in [0.25, 0.3) is 0 Å². The Morgan fingerprint density at radius 2 is 0.810 bits per heavy atom. The van der Waals surface area contributed by atoms with Gasteiger partial charge in [-0.2, -0.15) is 121 Å². The number of thioether (sulfide) groups is 1. The zero-order valence-corrected chi connectivity index (χ0v) is 64.8. The van der Waals surface area contributed by atoms with Crippen molar-refractivity contribution in [2.24, 2.45) is 34.5 Å². The van der Waals surface area contributed by atoms with Crippen LogP contribution >= 0.6 is 11.8 Å². The van der Waals surface area contributed by atoms with E-state index < -0.39 is 35.0 Å². The Kier molecular flexibility index (Phi) is 35.6. The van der Waals surface area contributed by atoms with Gasteiger partial charge in [-0.1, -0.05) is 32.9 Å². The summed E-state index contributed by atoms with van der Waals surface area (Å²) in [6.07, 6.45) is 10.8. The van der Waals surface area contributed by atoms with E-state index in [2.05, 4.69) is 147 Å². The van der Waals surface area contributed by atoms with Crippen LogP contribution in [0.15, 0.2) is 138 Å². The summed E-state index contributed by atoms with van der Waals surface area (Å²) in [5, 5.41) is 21.0. The molecule has 4 unspecified atom stereocenters. The normalized spacial score (nSPS) is 25.1. The van der Waals surface area contributed by atoms with Crippen LogP contribution in [-0.4, -0.2) is 120 Å². The Labute approximate surface area is 620 Å². The number of hydrogen-bond donors (Lipinski definition) is 2. The average molecular weight is 1590 g/mol. The van der Waals surface area contributed by atoms with E-state index >= 15 is 0 Å². The van der Waals surface area contributed by atoms with E-state index in [1.807, 2.05) is 72.4 Å². The van der Waals surface area contributed by atoms with Crippen LogP contribution < -0.4 is 21.2 Å². The SMILES string of the molecule is C1CSCCO1.CC(C)(C)c1ccc([I-]c2ccc(C(C)(C)C)cc2)cc1.CC(C)(C)c1ccc([S+]2CCOCC2)cc1.CC(F)(F)C(=O)OCC12CC3CC(CC(O)(C3)C1)C2.CC(F)(F)C(=O)OCC12CC3CC(CC(O)(C3)C1)C2.O=C=O.O=C=O.[Cu+2].[c-]1ccccc1.[c-]1ccccc1. The number of benzene rings is 5. The van der Waals surface area contributed by atoms with Gasteiger partial charge < -0.3 is 29.2 Å². The first kappa shape index (κ1) is 87.7. The Balaban J connectivity index is 0.000000254. The standard InChI is InChI=1S/C20H26I.2C14H20F2O3.C14H21OS.2C6H5.C4H8OS.2CO2.Cu/c1-19(2,3)15-7-11-17(12-8-15)21-18-13-9-16(10-14-18)20(4,5)6;2*1-12(15,16)11(17)19-8-13-3-9-2-10(4-13)6-14(18,5-9)7-13;1-14(2,3)12-4-6-13(7-5-12)16-10-8-15-9-11-16;2*1-2-4-6-5-3-1;1-3-6-4-2-5-1;2*2-1-3;/h7-14H,1-6H3;2*9-10,18H,2-8H2,1H3;4-7H,8-11H2,1-3H3;2*1-5H;1-4H2;;;/q-1;;;+1;2*-1;;;;+2. The maximum atomic E-state index is 12.8. The second-order valence-electron chi connectivity index (χ2n) is 30.7. The van der Waals surface area contributed by atoms with Crippen LogP contribution in [0.4, 0.5) is 17.6 Å². The molecule has 2 aliphatic heterocycles. The van der Waals surface area contributed by atoms with Crippen LogP contribution in [0, 0.1) is 53.8 Å². The molecule has 1 radical (unpaired) electrons. The monoisotopic (exact) mass is 1590 g/mol. The summed E-state index contributed by atoms with van der Waals surface area (Å²) in [5.41, 5.74) is 3.17. The van der Waals surface area contributed by atoms with Crippen LogP contribution in [0.2, 0.25) is 0 Å². The number of alkyl halides is 4. The van der Waals surface area contributed by atoms with Crippen LogP contribution in [0.3, 0.4) is 0 Å². The molecule has 555 valence electrons. The van der Waals surface area contributed by atoms with Gasteiger partial charge in [0.2, 0.25) is 0 Å². The number of aliphatic hydroxyl groups is 2. The van der Waals surface area contributed by atoms with Crippen molar-refractivity contribution in [3.63, 3.8) is 0 Å². The minimum Gasteiger partial charge on any atom is -0.461 e. The van der Waals surface area contributed by atoms with Gasteiger partial charge in [-0.3, -0.25) is 0 Å². The summed E-state index contributed by atoms with van der Waals surface area (Å²) in [7, 11) is 0.432. The number of hydrogen-bond acceptors (Lipinski definition) is 13. The first-order valence-corrected chi connectivity index (χ1v) is 39.1. The van der Waals surface area contributed by atoms with Gasteiger partial charge in [-0.15, -0.1) is 0 Å². The average Bonchev–Trinajstić information content (AvgIpc) is 0.738. The van der Waals surface area contributed by atoms with E-state index in [-0.39, 0.29) is 90.9 Å². The third-order valence-electron chi connectivity index (χ3n) is 18.6. The summed E-state index contributed by atoms with van der Waals surface area (Å²) >= 11 is 1.90. The molecule has 0 aromatic heterocycles. The van der Waals surface area contributed by atoms with E-state index in [1.165, 1.54) is 51.7 Å². The van der Waals surface area contributed by atoms with Gasteiger partial charge in [-0.05, 0) is 124 Å². The molecule has 2 N–H and O–H groups in total. The Morgan fingerprint density at radius 3 is 1.04 bits per heavy atom. The molecule has 10 aliphatic rings. The van der Waals surface area contributed by atoms with Crippen molar-refractivity contribution >= 4 is 46.9 Å². The number of rotatable bonds is 9. The molecule has 12 nitrogen and oxygen atoms in total. The molecule has 4 atom stereocenters. The van der Waals surface area contributed by atoms with E-state index in [9.17, 15) is 37.4 Å². The van der Waals surface area contributed by atoms with Gasteiger partial charge in [0.15, 0.2) is 4.90 Å². The van der Waals surface area contributed by atoms with Crippen molar-refractivity contribution < 1.29 is 114 Å². The Bertz CT molecular complexity index is 2970. The van der Waals surface area contributed by atoms with E-state index in [0.717, 1.165) is 90.6 Å². The zero-order valence-electron chi connectivity index (χ0n) is 60.1. The molecule has 2 saturated heterocycles. The maximum Gasteiger partial charge on any atom is 2.00 e. The minimum absolute atomic E-state index is 0. The van der Waals surface area contributed by atoms with Crippen molar-refractivity contribution in [1.82, 2.24) is 0 Å². The number of carbonyl (C=O) groups is 2. The molecule has 5 aromatic rings. The van der Waals surface area contributed by atoms with Crippen molar-refractivity contribution in [2.75, 3.05) is 62.7 Å². The first-order valence-electron chi connectivity index (χ1n) is 34.2. The molecule has 0 spiro atoms. The summed E-state index contributed by atoms with van der Waals surface area (Å²) in [6.45, 7) is 25.4. The van der Waals surface area contributed by atoms with Crippen molar-refractivity contribution in [3.8, 4) is 0 Å². The number of halogens is 5. The molecule has 15 rings (SSSR count). The molecular weight excluding hydrogens is 1480 g/mol. The van der Waals surface area contributed by atoms with E-state index in [1.54, 1.807) is 0 Å². The number of ether oxygens (including phenoxy) is 4. The van der Waals surface area contributed by atoms with Crippen LogP contribution in [-0.2, 0) is 91.9 Å². The summed E-state index contributed by atoms with van der Waals surface area (Å²) in [5.74, 6) is -3.11. The van der Waals surface area contributed by atoms with Crippen molar-refractivity contribution in [2.45, 2.75) is 197 Å². The zero-order chi connectivity index (χ0) is 73.2. The van der Waals surface area contributed by atoms with Gasteiger partial charge in [0.05, 0.1) is 50.8 Å². The largest absolute Gasteiger partial charge is 2.00 e. The molecule has 0 amide bonds. The second kappa shape index (κ2) is 40.5. The van der Waals surface area contributed by atoms with Crippen LogP contribution in [0.1, 0.15) is 170 Å². The molecule has 100 heavy (non-hydrogen) atoms. The minimum atomic E-state index is -3.43. The maximum absolute atomic E-state index is 12.8. The Morgan fingerprint density at radius 1 is 0.510 bits per heavy atom.